The minimum absolute atomic E-state index is 0.0808. The molecule has 6 N–H and O–H groups in total. The summed E-state index contributed by atoms with van der Waals surface area (Å²) in [5.41, 5.74) is 6.20. The minimum atomic E-state index is -0.390. The van der Waals surface area contributed by atoms with Crippen molar-refractivity contribution in [1.82, 2.24) is 21.3 Å². The molecular formula is C26H41N5O5. The molecule has 0 aliphatic rings. The van der Waals surface area contributed by atoms with Crippen molar-refractivity contribution in [1.29, 1.82) is 0 Å². The lowest BCUT2D eigenvalue weighted by molar-refractivity contribution is -0.123. The van der Waals surface area contributed by atoms with Crippen molar-refractivity contribution in [3.8, 4) is 0 Å². The summed E-state index contributed by atoms with van der Waals surface area (Å²) in [6.07, 6.45) is 5.05. The van der Waals surface area contributed by atoms with Crippen molar-refractivity contribution < 1.29 is 24.0 Å². The van der Waals surface area contributed by atoms with Gasteiger partial charge < -0.3 is 27.0 Å². The molecule has 200 valence electrons. The normalized spacial score (nSPS) is 12.1. The van der Waals surface area contributed by atoms with Gasteiger partial charge in [-0.05, 0) is 37.2 Å². The maximum Gasteiger partial charge on any atom is 0.222 e. The average Bonchev–Trinajstić information content (AvgIpc) is 2.81. The summed E-state index contributed by atoms with van der Waals surface area (Å²) in [7, 11) is 0. The number of benzene rings is 1. The van der Waals surface area contributed by atoms with Crippen LogP contribution in [-0.2, 0) is 30.4 Å². The predicted molar refractivity (Wildman–Crippen MR) is 137 cm³/mol. The number of hydrogen-bond acceptors (Lipinski definition) is 5. The van der Waals surface area contributed by atoms with Crippen LogP contribution in [0.25, 0.3) is 0 Å². The van der Waals surface area contributed by atoms with Gasteiger partial charge in [0.25, 0.3) is 0 Å². The van der Waals surface area contributed by atoms with Gasteiger partial charge in [-0.1, -0.05) is 43.7 Å². The molecule has 0 saturated heterocycles. The molecule has 2 unspecified atom stereocenters. The van der Waals surface area contributed by atoms with E-state index in [-0.39, 0.29) is 55.4 Å². The third-order valence-corrected chi connectivity index (χ3v) is 5.61. The third-order valence-electron chi connectivity index (χ3n) is 5.61. The maximum atomic E-state index is 12.5. The quantitative estimate of drug-likeness (QED) is 0.132. The molecule has 1 aromatic rings. The summed E-state index contributed by atoms with van der Waals surface area (Å²) in [6.45, 7) is 3.15. The van der Waals surface area contributed by atoms with Gasteiger partial charge in [-0.15, -0.1) is 0 Å². The molecule has 0 saturated carbocycles. The highest BCUT2D eigenvalue weighted by Crippen LogP contribution is 2.08. The van der Waals surface area contributed by atoms with Crippen molar-refractivity contribution in [3.63, 3.8) is 0 Å². The van der Waals surface area contributed by atoms with Crippen molar-refractivity contribution in [2.24, 2.45) is 11.7 Å². The van der Waals surface area contributed by atoms with Crippen LogP contribution < -0.4 is 27.0 Å². The molecule has 5 amide bonds. The number of carbonyl (C=O) groups is 5. The van der Waals surface area contributed by atoms with Gasteiger partial charge in [0.15, 0.2) is 0 Å². The standard InChI is InChI=1S/C26H41N5O5/c1-20(16-23(27)33)11-14-30-26(36)18-22(17-21-8-4-2-5-9-21)31-25(35)12-15-29-24(34)10-6-3-7-13-28-19-32/h2,4-5,8-9,19-20,22H,3,6-7,10-18H2,1H3,(H2,27,33)(H,28,32)(H,29,34)(H,30,36)(H,31,35). The first-order chi connectivity index (χ1) is 17.3. The first-order valence-electron chi connectivity index (χ1n) is 12.6. The highest BCUT2D eigenvalue weighted by molar-refractivity contribution is 5.81. The lowest BCUT2D eigenvalue weighted by Crippen LogP contribution is -2.42. The van der Waals surface area contributed by atoms with Crippen LogP contribution in [0.1, 0.15) is 63.9 Å². The van der Waals surface area contributed by atoms with Crippen molar-refractivity contribution in [3.05, 3.63) is 35.9 Å². The molecule has 0 spiro atoms. The lowest BCUT2D eigenvalue weighted by Gasteiger charge is -2.19. The Hall–Kier alpha value is -3.43. The van der Waals surface area contributed by atoms with Gasteiger partial charge in [0, 0.05) is 51.4 Å². The molecule has 2 atom stereocenters. The van der Waals surface area contributed by atoms with Crippen LogP contribution in [0.2, 0.25) is 0 Å². The molecule has 10 nitrogen and oxygen atoms in total. The number of unbranched alkanes of at least 4 members (excludes halogenated alkanes) is 2. The zero-order valence-corrected chi connectivity index (χ0v) is 21.2. The Balaban J connectivity index is 2.42. The lowest BCUT2D eigenvalue weighted by atomic mass is 10.0. The van der Waals surface area contributed by atoms with Gasteiger partial charge in [0.1, 0.15) is 0 Å². The Kier molecular flexibility index (Phi) is 16.0. The van der Waals surface area contributed by atoms with Crippen LogP contribution in [0.4, 0.5) is 0 Å². The number of nitrogens with one attached hydrogen (secondary N) is 4. The number of amides is 5. The van der Waals surface area contributed by atoms with Crippen LogP contribution >= 0.6 is 0 Å². The predicted octanol–water partition coefficient (Wildman–Crippen LogP) is 0.935. The Morgan fingerprint density at radius 1 is 0.861 bits per heavy atom. The summed E-state index contributed by atoms with van der Waals surface area (Å²) >= 11 is 0. The van der Waals surface area contributed by atoms with Gasteiger partial charge in [-0.3, -0.25) is 24.0 Å². The monoisotopic (exact) mass is 503 g/mol. The highest BCUT2D eigenvalue weighted by atomic mass is 16.2. The fourth-order valence-corrected chi connectivity index (χ4v) is 3.72. The van der Waals surface area contributed by atoms with Gasteiger partial charge >= 0.3 is 0 Å². The summed E-state index contributed by atoms with van der Waals surface area (Å²) in [4.78, 5) is 58.1. The summed E-state index contributed by atoms with van der Waals surface area (Å²) in [5, 5.41) is 11.1. The van der Waals surface area contributed by atoms with E-state index in [4.69, 9.17) is 5.73 Å². The van der Waals surface area contributed by atoms with Crippen LogP contribution in [0.3, 0.4) is 0 Å². The second-order valence-corrected chi connectivity index (χ2v) is 9.06. The van der Waals surface area contributed by atoms with Crippen LogP contribution in [-0.4, -0.2) is 55.7 Å². The van der Waals surface area contributed by atoms with Crippen molar-refractivity contribution >= 4 is 30.0 Å². The summed E-state index contributed by atoms with van der Waals surface area (Å²) in [6, 6.07) is 9.21. The molecule has 1 aromatic carbocycles. The van der Waals surface area contributed by atoms with Gasteiger partial charge in [0.2, 0.25) is 30.0 Å². The topological polar surface area (TPSA) is 159 Å². The van der Waals surface area contributed by atoms with E-state index in [0.29, 0.717) is 45.2 Å². The van der Waals surface area contributed by atoms with Gasteiger partial charge in [-0.2, -0.15) is 0 Å². The Bertz CT molecular complexity index is 818. The van der Waals surface area contributed by atoms with Crippen LogP contribution in [0.5, 0.6) is 0 Å². The molecule has 10 heteroatoms. The maximum absolute atomic E-state index is 12.5. The largest absolute Gasteiger partial charge is 0.370 e. The van der Waals surface area contributed by atoms with E-state index in [9.17, 15) is 24.0 Å². The molecule has 0 fully saturated rings. The first kappa shape index (κ1) is 30.6. The zero-order valence-electron chi connectivity index (χ0n) is 21.2. The van der Waals surface area contributed by atoms with E-state index in [1.165, 1.54) is 0 Å². The van der Waals surface area contributed by atoms with E-state index >= 15 is 0 Å². The van der Waals surface area contributed by atoms with E-state index in [1.54, 1.807) is 0 Å². The number of carbonyl (C=O) groups excluding carboxylic acids is 5. The highest BCUT2D eigenvalue weighted by Gasteiger charge is 2.17. The molecule has 0 heterocycles. The Morgan fingerprint density at radius 3 is 2.28 bits per heavy atom. The molecule has 0 aromatic heterocycles. The minimum Gasteiger partial charge on any atom is -0.370 e. The van der Waals surface area contributed by atoms with Crippen molar-refractivity contribution in [2.45, 2.75) is 70.8 Å². The number of hydrogen-bond donors (Lipinski definition) is 5. The number of nitrogens with two attached hydrogens (primary N) is 1. The molecule has 0 aliphatic heterocycles. The van der Waals surface area contributed by atoms with E-state index < -0.39 is 6.04 Å². The molecule has 0 radical (unpaired) electrons. The number of rotatable bonds is 20. The molecule has 36 heavy (non-hydrogen) atoms. The fourth-order valence-electron chi connectivity index (χ4n) is 3.72. The third kappa shape index (κ3) is 16.2. The summed E-state index contributed by atoms with van der Waals surface area (Å²) < 4.78 is 0. The van der Waals surface area contributed by atoms with E-state index in [1.807, 2.05) is 37.3 Å². The number of primary amides is 1. The second kappa shape index (κ2) is 18.8. The second-order valence-electron chi connectivity index (χ2n) is 9.06. The van der Waals surface area contributed by atoms with Crippen molar-refractivity contribution in [2.75, 3.05) is 19.6 Å². The van der Waals surface area contributed by atoms with Crippen LogP contribution in [0, 0.1) is 5.92 Å². The van der Waals surface area contributed by atoms with E-state index in [2.05, 4.69) is 21.3 Å². The molecular weight excluding hydrogens is 462 g/mol. The fraction of sp³-hybridized carbons (Fsp3) is 0.577. The van der Waals surface area contributed by atoms with E-state index in [0.717, 1.165) is 18.4 Å². The molecule has 0 aliphatic carbocycles. The molecule has 1 rings (SSSR count). The first-order valence-corrected chi connectivity index (χ1v) is 12.6. The average molecular weight is 504 g/mol. The van der Waals surface area contributed by atoms with Gasteiger partial charge in [0.05, 0.1) is 0 Å². The SMILES string of the molecule is CC(CCNC(=O)CC(Cc1ccccc1)NC(=O)CCNC(=O)CCCCCNC=O)CC(N)=O. The Labute approximate surface area is 213 Å². The Morgan fingerprint density at radius 2 is 1.58 bits per heavy atom. The zero-order chi connectivity index (χ0) is 26.6. The summed E-state index contributed by atoms with van der Waals surface area (Å²) in [5.74, 6) is -0.813. The smallest absolute Gasteiger partial charge is 0.222 e. The van der Waals surface area contributed by atoms with Crippen LogP contribution in [0.15, 0.2) is 30.3 Å². The molecule has 0 bridgehead atoms. The van der Waals surface area contributed by atoms with Gasteiger partial charge in [-0.25, -0.2) is 0 Å².